The molecule has 0 saturated carbocycles. The van der Waals surface area contributed by atoms with Crippen molar-refractivity contribution in [3.05, 3.63) is 12.2 Å². The van der Waals surface area contributed by atoms with Crippen LogP contribution in [0, 0.1) is 0 Å². The molecule has 0 aliphatic heterocycles. The lowest BCUT2D eigenvalue weighted by molar-refractivity contribution is -0.125. The molecule has 0 radical (unpaired) electrons. The third-order valence-corrected chi connectivity index (χ3v) is 1.84. The van der Waals surface area contributed by atoms with Gasteiger partial charge in [-0.15, -0.1) is 0 Å². The summed E-state index contributed by atoms with van der Waals surface area (Å²) >= 11 is 4.00. The van der Waals surface area contributed by atoms with E-state index in [4.69, 9.17) is 0 Å². The lowest BCUT2D eigenvalue weighted by Crippen LogP contribution is -2.30. The molecule has 15 heavy (non-hydrogen) atoms. The molecule has 86 valence electrons. The second kappa shape index (κ2) is 8.49. The molecule has 2 N–H and O–H groups in total. The number of carbonyl (C=O) groups is 2. The number of aliphatic hydroxyl groups is 1. The summed E-state index contributed by atoms with van der Waals surface area (Å²) in [5.74, 6) is 0.274. The molecule has 0 aliphatic carbocycles. The summed E-state index contributed by atoms with van der Waals surface area (Å²) in [6.07, 6.45) is 3.28. The van der Waals surface area contributed by atoms with Gasteiger partial charge in [0.05, 0.1) is 19.1 Å². The summed E-state index contributed by atoms with van der Waals surface area (Å²) < 4.78 is 0. The van der Waals surface area contributed by atoms with Gasteiger partial charge in [-0.25, -0.2) is 0 Å². The van der Waals surface area contributed by atoms with Gasteiger partial charge >= 0.3 is 0 Å². The smallest absolute Gasteiger partial charge is 0.223 e. The fraction of sp³-hybridized carbons (Fsp3) is 0.600. The van der Waals surface area contributed by atoms with Crippen molar-refractivity contribution in [2.24, 2.45) is 0 Å². The molecule has 0 aromatic rings. The Morgan fingerprint density at radius 2 is 2.20 bits per heavy atom. The van der Waals surface area contributed by atoms with E-state index in [9.17, 15) is 14.7 Å². The van der Waals surface area contributed by atoms with E-state index in [2.05, 4.69) is 17.9 Å². The van der Waals surface area contributed by atoms with E-state index in [1.807, 2.05) is 0 Å². The number of ketones is 1. The minimum absolute atomic E-state index is 0.0175. The molecule has 1 atom stereocenters. The SMILES string of the molecule is CC(=O)CNC(=O)CC(O)/C=C/CCS. The first-order valence-electron chi connectivity index (χ1n) is 4.78. The van der Waals surface area contributed by atoms with Crippen molar-refractivity contribution < 1.29 is 14.7 Å². The van der Waals surface area contributed by atoms with Crippen LogP contribution >= 0.6 is 12.6 Å². The predicted octanol–water partition coefficient (Wildman–Crippen LogP) is 0.319. The molecule has 0 spiro atoms. The second-order valence-electron chi connectivity index (χ2n) is 3.19. The molecular weight excluding hydrogens is 214 g/mol. The van der Waals surface area contributed by atoms with Gasteiger partial charge in [-0.2, -0.15) is 12.6 Å². The van der Waals surface area contributed by atoms with E-state index >= 15 is 0 Å². The average molecular weight is 231 g/mol. The number of allylic oxidation sites excluding steroid dienone is 1. The Morgan fingerprint density at radius 1 is 1.53 bits per heavy atom. The van der Waals surface area contributed by atoms with Crippen molar-refractivity contribution in [1.29, 1.82) is 0 Å². The molecule has 1 amide bonds. The molecule has 5 heteroatoms. The molecule has 4 nitrogen and oxygen atoms in total. The number of carbonyl (C=O) groups excluding carboxylic acids is 2. The van der Waals surface area contributed by atoms with Crippen molar-refractivity contribution in [3.8, 4) is 0 Å². The number of rotatable bonds is 7. The van der Waals surface area contributed by atoms with Gasteiger partial charge in [0, 0.05) is 0 Å². The van der Waals surface area contributed by atoms with E-state index in [1.54, 1.807) is 12.2 Å². The van der Waals surface area contributed by atoms with Crippen LogP contribution in [-0.4, -0.2) is 35.2 Å². The minimum Gasteiger partial charge on any atom is -0.389 e. The fourth-order valence-corrected chi connectivity index (χ4v) is 1.03. The third-order valence-electron chi connectivity index (χ3n) is 1.58. The predicted molar refractivity (Wildman–Crippen MR) is 61.9 cm³/mol. The van der Waals surface area contributed by atoms with E-state index in [0.717, 1.165) is 6.42 Å². The number of thiol groups is 1. The van der Waals surface area contributed by atoms with Gasteiger partial charge in [-0.05, 0) is 19.1 Å². The number of amides is 1. The van der Waals surface area contributed by atoms with Crippen molar-refractivity contribution in [2.75, 3.05) is 12.3 Å². The molecular formula is C10H17NO3S. The third kappa shape index (κ3) is 9.49. The van der Waals surface area contributed by atoms with Crippen LogP contribution in [0.2, 0.25) is 0 Å². The topological polar surface area (TPSA) is 66.4 Å². The van der Waals surface area contributed by atoms with E-state index in [-0.39, 0.29) is 24.7 Å². The highest BCUT2D eigenvalue weighted by molar-refractivity contribution is 7.80. The minimum atomic E-state index is -0.795. The fourth-order valence-electron chi connectivity index (χ4n) is 0.881. The number of aliphatic hydroxyl groups excluding tert-OH is 1. The molecule has 0 aliphatic rings. The lowest BCUT2D eigenvalue weighted by atomic mass is 10.2. The van der Waals surface area contributed by atoms with Crippen LogP contribution in [-0.2, 0) is 9.59 Å². The molecule has 0 aromatic heterocycles. The van der Waals surface area contributed by atoms with Gasteiger partial charge in [-0.1, -0.05) is 12.2 Å². The Kier molecular flexibility index (Phi) is 8.04. The van der Waals surface area contributed by atoms with Gasteiger partial charge in [0.25, 0.3) is 0 Å². The number of Topliss-reactive ketones (excluding diaryl/α,β-unsaturated/α-hetero) is 1. The Bertz CT molecular complexity index is 241. The number of hydrogen-bond acceptors (Lipinski definition) is 4. The largest absolute Gasteiger partial charge is 0.389 e. The van der Waals surface area contributed by atoms with Crippen LogP contribution in [0.25, 0.3) is 0 Å². The average Bonchev–Trinajstić information content (AvgIpc) is 2.15. The summed E-state index contributed by atoms with van der Waals surface area (Å²) in [6, 6.07) is 0. The van der Waals surface area contributed by atoms with Crippen LogP contribution in [0.1, 0.15) is 19.8 Å². The van der Waals surface area contributed by atoms with Gasteiger partial charge in [0.15, 0.2) is 0 Å². The summed E-state index contributed by atoms with van der Waals surface area (Å²) in [5.41, 5.74) is 0. The first kappa shape index (κ1) is 14.2. The summed E-state index contributed by atoms with van der Waals surface area (Å²) in [6.45, 7) is 1.41. The standard InChI is InChI=1S/C10H17NO3S/c1-8(12)7-11-10(14)6-9(13)4-2-3-5-15/h2,4,9,13,15H,3,5-7H2,1H3,(H,11,14)/b4-2+. The first-order chi connectivity index (χ1) is 7.06. The Morgan fingerprint density at radius 3 is 2.73 bits per heavy atom. The van der Waals surface area contributed by atoms with E-state index in [0.29, 0.717) is 5.75 Å². The maximum Gasteiger partial charge on any atom is 0.223 e. The van der Waals surface area contributed by atoms with Gasteiger partial charge in [0.1, 0.15) is 5.78 Å². The summed E-state index contributed by atoms with van der Waals surface area (Å²) in [4.78, 5) is 21.7. The highest BCUT2D eigenvalue weighted by Gasteiger charge is 2.07. The van der Waals surface area contributed by atoms with Crippen molar-refractivity contribution in [3.63, 3.8) is 0 Å². The normalized spacial score (nSPS) is 12.7. The zero-order valence-corrected chi connectivity index (χ0v) is 9.67. The zero-order valence-electron chi connectivity index (χ0n) is 8.77. The van der Waals surface area contributed by atoms with Crippen molar-refractivity contribution >= 4 is 24.3 Å². The highest BCUT2D eigenvalue weighted by atomic mass is 32.1. The first-order valence-corrected chi connectivity index (χ1v) is 5.41. The number of nitrogens with one attached hydrogen (secondary N) is 1. The zero-order chi connectivity index (χ0) is 11.7. The maximum atomic E-state index is 11.1. The Hall–Kier alpha value is -0.810. The molecule has 0 fully saturated rings. The Labute approximate surface area is 95.2 Å². The lowest BCUT2D eigenvalue weighted by Gasteiger charge is -2.05. The molecule has 0 saturated heterocycles. The van der Waals surface area contributed by atoms with Crippen LogP contribution in [0.4, 0.5) is 0 Å². The monoisotopic (exact) mass is 231 g/mol. The van der Waals surface area contributed by atoms with E-state index in [1.165, 1.54) is 6.92 Å². The maximum absolute atomic E-state index is 11.1. The second-order valence-corrected chi connectivity index (χ2v) is 3.64. The molecule has 0 rings (SSSR count). The van der Waals surface area contributed by atoms with Gasteiger partial charge in [0.2, 0.25) is 5.91 Å². The number of hydrogen-bond donors (Lipinski definition) is 3. The Balaban J connectivity index is 3.71. The van der Waals surface area contributed by atoms with Crippen molar-refractivity contribution in [2.45, 2.75) is 25.9 Å². The van der Waals surface area contributed by atoms with Crippen LogP contribution in [0.3, 0.4) is 0 Å². The molecule has 0 heterocycles. The van der Waals surface area contributed by atoms with Gasteiger partial charge in [-0.3, -0.25) is 9.59 Å². The van der Waals surface area contributed by atoms with Crippen LogP contribution in [0.15, 0.2) is 12.2 Å². The molecule has 1 unspecified atom stereocenters. The van der Waals surface area contributed by atoms with Crippen LogP contribution in [0.5, 0.6) is 0 Å². The quantitative estimate of drug-likeness (QED) is 0.436. The highest BCUT2D eigenvalue weighted by Crippen LogP contribution is 1.96. The van der Waals surface area contributed by atoms with Crippen LogP contribution < -0.4 is 5.32 Å². The summed E-state index contributed by atoms with van der Waals surface area (Å²) in [7, 11) is 0. The van der Waals surface area contributed by atoms with Gasteiger partial charge < -0.3 is 10.4 Å². The van der Waals surface area contributed by atoms with E-state index < -0.39 is 6.10 Å². The summed E-state index contributed by atoms with van der Waals surface area (Å²) in [5, 5.41) is 11.8. The molecule has 0 aromatic carbocycles. The molecule has 0 bridgehead atoms. The van der Waals surface area contributed by atoms with Crippen molar-refractivity contribution in [1.82, 2.24) is 5.32 Å².